The predicted molar refractivity (Wildman–Crippen MR) is 202 cm³/mol. The van der Waals surface area contributed by atoms with Crippen LogP contribution in [0.3, 0.4) is 0 Å². The number of ether oxygens (including phenoxy) is 1. The quantitative estimate of drug-likeness (QED) is 0.0418. The van der Waals surface area contributed by atoms with Crippen LogP contribution in [-0.2, 0) is 9.59 Å². The number of nitrogens with zero attached hydrogens (tertiary/aromatic N) is 1. The van der Waals surface area contributed by atoms with Gasteiger partial charge in [-0.25, -0.2) is 0 Å². The molecule has 2 N–H and O–H groups in total. The van der Waals surface area contributed by atoms with E-state index >= 15 is 0 Å². The van der Waals surface area contributed by atoms with Crippen LogP contribution < -0.4 is 15.4 Å². The highest BCUT2D eigenvalue weighted by atomic mass is 35.5. The van der Waals surface area contributed by atoms with Crippen molar-refractivity contribution in [3.63, 3.8) is 0 Å². The third kappa shape index (κ3) is 17.2. The normalized spacial score (nSPS) is 11.8. The monoisotopic (exact) mass is 703 g/mol. The molecular formula is C39H59Cl2N3O4. The van der Waals surface area contributed by atoms with E-state index in [4.69, 9.17) is 27.9 Å². The Morgan fingerprint density at radius 3 is 1.81 bits per heavy atom. The van der Waals surface area contributed by atoms with E-state index in [0.717, 1.165) is 32.4 Å². The van der Waals surface area contributed by atoms with Gasteiger partial charge in [-0.15, -0.1) is 11.6 Å². The summed E-state index contributed by atoms with van der Waals surface area (Å²) >= 11 is 12.5. The molecule has 0 aliphatic heterocycles. The van der Waals surface area contributed by atoms with Crippen molar-refractivity contribution in [3.05, 3.63) is 53.1 Å². The highest BCUT2D eigenvalue weighted by Gasteiger charge is 2.26. The number of benzene rings is 2. The lowest BCUT2D eigenvalue weighted by molar-refractivity contribution is -0.116. The molecule has 2 rings (SSSR count). The first-order valence-corrected chi connectivity index (χ1v) is 19.0. The molecule has 0 aliphatic carbocycles. The number of carbonyl (C=O) groups excluding carboxylic acids is 3. The van der Waals surface area contributed by atoms with Crippen LogP contribution in [0.4, 0.5) is 11.4 Å². The Kier molecular flexibility index (Phi) is 22.0. The molecule has 0 aliphatic rings. The summed E-state index contributed by atoms with van der Waals surface area (Å²) < 4.78 is 5.11. The SMILES string of the molecule is CCCCCCCCCCCCCCCCN(CCCC)CCC(=O)Nc1ccc(Cl)c(NC(=O)C(Cl)C(=O)c2ccc(OC)cc2)c1. The molecule has 0 saturated heterocycles. The van der Waals surface area contributed by atoms with Crippen molar-refractivity contribution in [2.75, 3.05) is 37.4 Å². The summed E-state index contributed by atoms with van der Waals surface area (Å²) in [6.07, 6.45) is 21.4. The Balaban J connectivity index is 1.72. The number of hydrogen-bond acceptors (Lipinski definition) is 5. The molecule has 268 valence electrons. The molecule has 0 heterocycles. The average Bonchev–Trinajstić information content (AvgIpc) is 3.09. The lowest BCUT2D eigenvalue weighted by atomic mass is 10.0. The number of Topliss-reactive ketones (excluding diaryl/α,β-unsaturated/α-hetero) is 1. The van der Waals surface area contributed by atoms with Crippen LogP contribution >= 0.6 is 23.2 Å². The second-order valence-corrected chi connectivity index (χ2v) is 13.6. The van der Waals surface area contributed by atoms with Gasteiger partial charge in [-0.3, -0.25) is 14.4 Å². The molecule has 1 atom stereocenters. The highest BCUT2D eigenvalue weighted by Crippen LogP contribution is 2.27. The topological polar surface area (TPSA) is 87.7 Å². The fourth-order valence-electron chi connectivity index (χ4n) is 5.65. The minimum absolute atomic E-state index is 0.109. The number of rotatable bonds is 27. The Morgan fingerprint density at radius 2 is 1.25 bits per heavy atom. The number of amides is 2. The molecule has 0 bridgehead atoms. The number of ketones is 1. The lowest BCUT2D eigenvalue weighted by Crippen LogP contribution is -2.31. The van der Waals surface area contributed by atoms with Crippen LogP contribution in [0, 0.1) is 0 Å². The second kappa shape index (κ2) is 25.4. The number of methoxy groups -OCH3 is 1. The standard InChI is InChI=1S/C39H59Cl2N3O4/c1-4-6-8-9-10-11-12-13-14-15-16-17-18-19-28-44(27-7-5-2)29-26-36(45)42-32-22-25-34(40)35(30-32)43-39(47)37(41)38(46)31-20-23-33(48-3)24-21-31/h20-25,30,37H,4-19,26-29H2,1-3H3,(H,42,45)(H,43,47). The van der Waals surface area contributed by atoms with Gasteiger partial charge in [0.05, 0.1) is 17.8 Å². The maximum atomic E-state index is 12.9. The van der Waals surface area contributed by atoms with Crippen molar-refractivity contribution in [2.45, 2.75) is 128 Å². The van der Waals surface area contributed by atoms with Crippen LogP contribution in [0.15, 0.2) is 42.5 Å². The molecule has 0 radical (unpaired) electrons. The van der Waals surface area contributed by atoms with Gasteiger partial charge in [-0.2, -0.15) is 0 Å². The fourth-order valence-corrected chi connectivity index (χ4v) is 5.99. The van der Waals surface area contributed by atoms with Crippen LogP contribution in [0.25, 0.3) is 0 Å². The number of halogens is 2. The molecule has 2 aromatic carbocycles. The first-order valence-electron chi connectivity index (χ1n) is 18.2. The van der Waals surface area contributed by atoms with Gasteiger partial charge in [0.25, 0.3) is 0 Å². The number of alkyl halides is 1. The first-order chi connectivity index (χ1) is 23.3. The Bertz CT molecular complexity index is 1210. The lowest BCUT2D eigenvalue weighted by Gasteiger charge is -2.22. The third-order valence-electron chi connectivity index (χ3n) is 8.65. The van der Waals surface area contributed by atoms with Gasteiger partial charge in [0.15, 0.2) is 11.2 Å². The number of anilines is 2. The summed E-state index contributed by atoms with van der Waals surface area (Å²) in [5, 5.41) is 4.35. The fraction of sp³-hybridized carbons (Fsp3) is 0.615. The van der Waals surface area contributed by atoms with Crippen molar-refractivity contribution in [1.29, 1.82) is 0 Å². The number of carbonyl (C=O) groups is 3. The van der Waals surface area contributed by atoms with E-state index < -0.39 is 17.1 Å². The van der Waals surface area contributed by atoms with Gasteiger partial charge < -0.3 is 20.3 Å². The Morgan fingerprint density at radius 1 is 0.708 bits per heavy atom. The molecule has 1 unspecified atom stereocenters. The van der Waals surface area contributed by atoms with Crippen LogP contribution in [0.2, 0.25) is 5.02 Å². The van der Waals surface area contributed by atoms with Crippen LogP contribution in [0.1, 0.15) is 133 Å². The summed E-state index contributed by atoms with van der Waals surface area (Å²) in [5.74, 6) is -0.773. The van der Waals surface area contributed by atoms with Crippen molar-refractivity contribution in [2.24, 2.45) is 0 Å². The molecule has 2 amide bonds. The third-order valence-corrected chi connectivity index (χ3v) is 9.38. The summed E-state index contributed by atoms with van der Waals surface area (Å²) in [4.78, 5) is 40.8. The van der Waals surface area contributed by atoms with Crippen molar-refractivity contribution in [3.8, 4) is 5.75 Å². The predicted octanol–water partition coefficient (Wildman–Crippen LogP) is 10.7. The van der Waals surface area contributed by atoms with Gasteiger partial charge in [-0.1, -0.05) is 115 Å². The maximum absolute atomic E-state index is 12.9. The van der Waals surface area contributed by atoms with E-state index in [1.807, 2.05) is 0 Å². The van der Waals surface area contributed by atoms with Crippen molar-refractivity contribution in [1.82, 2.24) is 4.90 Å². The largest absolute Gasteiger partial charge is 0.497 e. The van der Waals surface area contributed by atoms with Crippen LogP contribution in [0.5, 0.6) is 5.75 Å². The molecule has 2 aromatic rings. The Labute approximate surface area is 299 Å². The van der Waals surface area contributed by atoms with Crippen molar-refractivity contribution < 1.29 is 19.1 Å². The summed E-state index contributed by atoms with van der Waals surface area (Å²) in [6, 6.07) is 11.2. The number of nitrogens with one attached hydrogen (secondary N) is 2. The van der Waals surface area contributed by atoms with E-state index in [1.54, 1.807) is 42.5 Å². The van der Waals surface area contributed by atoms with Gasteiger partial charge in [-0.05, 0) is 68.4 Å². The minimum atomic E-state index is -1.46. The smallest absolute Gasteiger partial charge is 0.250 e. The van der Waals surface area contributed by atoms with Gasteiger partial charge >= 0.3 is 0 Å². The molecule has 0 spiro atoms. The molecule has 48 heavy (non-hydrogen) atoms. The number of hydrogen-bond donors (Lipinski definition) is 2. The van der Waals surface area contributed by atoms with E-state index in [0.29, 0.717) is 24.4 Å². The van der Waals surface area contributed by atoms with Gasteiger partial charge in [0.1, 0.15) is 5.75 Å². The maximum Gasteiger partial charge on any atom is 0.250 e. The summed E-state index contributed by atoms with van der Waals surface area (Å²) in [6.45, 7) is 7.16. The number of unbranched alkanes of at least 4 members (excludes halogenated alkanes) is 14. The highest BCUT2D eigenvalue weighted by molar-refractivity contribution is 6.46. The molecule has 9 heteroatoms. The zero-order valence-electron chi connectivity index (χ0n) is 29.6. The average molecular weight is 705 g/mol. The Hall–Kier alpha value is -2.61. The molecule has 0 fully saturated rings. The molecule has 7 nitrogen and oxygen atoms in total. The van der Waals surface area contributed by atoms with E-state index in [2.05, 4.69) is 29.4 Å². The van der Waals surface area contributed by atoms with Gasteiger partial charge in [0.2, 0.25) is 11.8 Å². The summed E-state index contributed by atoms with van der Waals surface area (Å²) in [5.41, 5.74) is 1.05. The zero-order chi connectivity index (χ0) is 35.0. The van der Waals surface area contributed by atoms with E-state index in [-0.39, 0.29) is 22.2 Å². The van der Waals surface area contributed by atoms with E-state index in [1.165, 1.54) is 90.6 Å². The van der Waals surface area contributed by atoms with E-state index in [9.17, 15) is 14.4 Å². The zero-order valence-corrected chi connectivity index (χ0v) is 31.1. The summed E-state index contributed by atoms with van der Waals surface area (Å²) in [7, 11) is 1.53. The molecular weight excluding hydrogens is 645 g/mol. The molecule has 0 aromatic heterocycles. The van der Waals surface area contributed by atoms with Gasteiger partial charge in [0, 0.05) is 24.2 Å². The van der Waals surface area contributed by atoms with Crippen molar-refractivity contribution >= 4 is 52.2 Å². The molecule has 0 saturated carbocycles. The second-order valence-electron chi connectivity index (χ2n) is 12.7. The van der Waals surface area contributed by atoms with Crippen LogP contribution in [-0.4, -0.2) is 54.6 Å². The minimum Gasteiger partial charge on any atom is -0.497 e. The first kappa shape index (κ1) is 41.6.